The second-order valence-electron chi connectivity index (χ2n) is 9.06. The summed E-state index contributed by atoms with van der Waals surface area (Å²) in [6.07, 6.45) is -1.01. The Morgan fingerprint density at radius 1 is 1.12 bits per heavy atom. The maximum Gasteiger partial charge on any atom is 0.416 e. The van der Waals surface area contributed by atoms with Gasteiger partial charge in [0, 0.05) is 30.2 Å². The molecule has 0 spiro atoms. The first kappa shape index (κ1) is 20.9. The first-order chi connectivity index (χ1) is 15.2. The van der Waals surface area contributed by atoms with Crippen LogP contribution in [0.2, 0.25) is 0 Å². The van der Waals surface area contributed by atoms with Gasteiger partial charge >= 0.3 is 6.18 Å². The lowest BCUT2D eigenvalue weighted by Crippen LogP contribution is -2.57. The average Bonchev–Trinajstić information content (AvgIpc) is 3.10. The van der Waals surface area contributed by atoms with Crippen molar-refractivity contribution in [3.8, 4) is 5.75 Å². The molecule has 5 nitrogen and oxygen atoms in total. The molecule has 1 saturated heterocycles. The number of carbonyl (C=O) groups excluding carboxylic acids is 1. The molecule has 1 aliphatic heterocycles. The largest absolute Gasteiger partial charge is 0.490 e. The van der Waals surface area contributed by atoms with E-state index in [0.717, 1.165) is 47.1 Å². The highest BCUT2D eigenvalue weighted by Crippen LogP contribution is 2.41. The Labute approximate surface area is 183 Å². The van der Waals surface area contributed by atoms with Crippen molar-refractivity contribution in [2.45, 2.75) is 38.0 Å². The number of amides is 1. The van der Waals surface area contributed by atoms with Crippen LogP contribution < -0.4 is 15.4 Å². The Morgan fingerprint density at radius 3 is 2.47 bits per heavy atom. The number of alkyl halides is 3. The molecule has 0 unspecified atom stereocenters. The molecule has 8 heteroatoms. The van der Waals surface area contributed by atoms with E-state index >= 15 is 0 Å². The van der Waals surface area contributed by atoms with E-state index in [1.54, 1.807) is 18.3 Å². The number of halogens is 3. The van der Waals surface area contributed by atoms with Crippen LogP contribution in [-0.2, 0) is 11.0 Å². The maximum atomic E-state index is 12.7. The fraction of sp³-hybridized carbons (Fsp3) is 0.375. The lowest BCUT2D eigenvalue weighted by atomic mass is 9.77. The van der Waals surface area contributed by atoms with Gasteiger partial charge in [-0.15, -0.1) is 0 Å². The molecule has 3 N–H and O–H groups in total. The van der Waals surface area contributed by atoms with Crippen LogP contribution in [-0.4, -0.2) is 30.1 Å². The number of ether oxygens (including phenoxy) is 1. The number of H-pyrrole nitrogens is 1. The summed E-state index contributed by atoms with van der Waals surface area (Å²) >= 11 is 0. The summed E-state index contributed by atoms with van der Waals surface area (Å²) in [5, 5.41) is 7.02. The van der Waals surface area contributed by atoms with Crippen LogP contribution in [0, 0.1) is 5.41 Å². The highest BCUT2D eigenvalue weighted by Gasteiger charge is 2.39. The zero-order valence-corrected chi connectivity index (χ0v) is 17.6. The maximum absolute atomic E-state index is 12.7. The zero-order chi connectivity index (χ0) is 22.5. The molecule has 2 aliphatic rings. The summed E-state index contributed by atoms with van der Waals surface area (Å²) < 4.78 is 44.3. The third-order valence-electron chi connectivity index (χ3n) is 6.59. The predicted molar refractivity (Wildman–Crippen MR) is 116 cm³/mol. The Morgan fingerprint density at radius 2 is 1.84 bits per heavy atom. The second-order valence-corrected chi connectivity index (χ2v) is 9.06. The van der Waals surface area contributed by atoms with Gasteiger partial charge in [0.15, 0.2) is 0 Å². The summed E-state index contributed by atoms with van der Waals surface area (Å²) in [7, 11) is 0. The summed E-state index contributed by atoms with van der Waals surface area (Å²) in [5.74, 6) is 0.895. The zero-order valence-electron chi connectivity index (χ0n) is 17.6. The molecular weight excluding hydrogens is 419 g/mol. The number of anilines is 1. The topological polar surface area (TPSA) is 66.2 Å². The summed E-state index contributed by atoms with van der Waals surface area (Å²) in [5.41, 5.74) is 1.51. The van der Waals surface area contributed by atoms with Gasteiger partial charge in [-0.1, -0.05) is 12.1 Å². The number of nitrogens with one attached hydrogen (secondary N) is 3. The van der Waals surface area contributed by atoms with Crippen LogP contribution in [0.4, 0.5) is 18.9 Å². The van der Waals surface area contributed by atoms with Crippen molar-refractivity contribution in [3.05, 3.63) is 59.8 Å². The number of hydrogen-bond donors (Lipinski definition) is 3. The van der Waals surface area contributed by atoms with E-state index < -0.39 is 17.2 Å². The van der Waals surface area contributed by atoms with E-state index in [0.29, 0.717) is 18.8 Å². The molecule has 2 fully saturated rings. The van der Waals surface area contributed by atoms with Crippen LogP contribution in [0.25, 0.3) is 10.9 Å². The van der Waals surface area contributed by atoms with Gasteiger partial charge in [0.25, 0.3) is 0 Å². The minimum absolute atomic E-state index is 0.0108. The fourth-order valence-electron chi connectivity index (χ4n) is 4.28. The average molecular weight is 443 g/mol. The first-order valence-electron chi connectivity index (χ1n) is 10.7. The normalized spacial score (nSPS) is 22.1. The first-order valence-corrected chi connectivity index (χ1v) is 10.7. The summed E-state index contributed by atoms with van der Waals surface area (Å²) in [6.45, 7) is 3.26. The van der Waals surface area contributed by atoms with Crippen molar-refractivity contribution in [3.63, 3.8) is 0 Å². The van der Waals surface area contributed by atoms with Gasteiger partial charge in [0.1, 0.15) is 5.75 Å². The van der Waals surface area contributed by atoms with Gasteiger partial charge in [0.05, 0.1) is 22.8 Å². The molecule has 168 valence electrons. The highest BCUT2D eigenvalue weighted by molar-refractivity contribution is 6.04. The van der Waals surface area contributed by atoms with E-state index in [2.05, 4.69) is 15.6 Å². The molecule has 0 atom stereocenters. The van der Waals surface area contributed by atoms with Crippen molar-refractivity contribution < 1.29 is 22.7 Å². The molecule has 2 heterocycles. The third-order valence-corrected chi connectivity index (χ3v) is 6.59. The third kappa shape index (κ3) is 3.83. The Bertz CT molecular complexity index is 1140. The number of aromatic nitrogens is 1. The fourth-order valence-corrected chi connectivity index (χ4v) is 4.28. The van der Waals surface area contributed by atoms with Crippen LogP contribution in [0.3, 0.4) is 0 Å². The molecule has 2 aromatic carbocycles. The van der Waals surface area contributed by atoms with Gasteiger partial charge in [-0.25, -0.2) is 0 Å². The van der Waals surface area contributed by atoms with E-state index in [1.165, 1.54) is 0 Å². The molecule has 1 aliphatic carbocycles. The highest BCUT2D eigenvalue weighted by atomic mass is 19.4. The Balaban J connectivity index is 1.22. The second kappa shape index (κ2) is 7.55. The molecule has 32 heavy (non-hydrogen) atoms. The molecule has 1 aromatic heterocycles. The predicted octanol–water partition coefficient (Wildman–Crippen LogP) is 5.06. The standard InChI is InChI=1S/C24H24F3N3O2/c1-23(12-28-13-23)22(31)30-21-11-29-20-7-6-17(10-19(20)21)32-18-8-15(9-18)14-2-4-16(5-3-14)24(25,26)27/h2-7,10-11,15,18,28-29H,8-9,12-13H2,1H3,(H,30,31). The van der Waals surface area contributed by atoms with Gasteiger partial charge in [-0.05, 0) is 61.6 Å². The van der Waals surface area contributed by atoms with Crippen LogP contribution in [0.15, 0.2) is 48.7 Å². The molecule has 3 aromatic rings. The summed E-state index contributed by atoms with van der Waals surface area (Å²) in [6, 6.07) is 11.1. The van der Waals surface area contributed by atoms with Gasteiger partial charge in [0.2, 0.25) is 5.91 Å². The van der Waals surface area contributed by atoms with Gasteiger partial charge in [-0.3, -0.25) is 4.79 Å². The van der Waals surface area contributed by atoms with Crippen molar-refractivity contribution in [2.24, 2.45) is 5.41 Å². The Kier molecular flexibility index (Phi) is 4.93. The van der Waals surface area contributed by atoms with Crippen molar-refractivity contribution in [1.29, 1.82) is 0 Å². The van der Waals surface area contributed by atoms with E-state index in [-0.39, 0.29) is 17.9 Å². The molecule has 1 saturated carbocycles. The monoisotopic (exact) mass is 443 g/mol. The number of hydrogen-bond acceptors (Lipinski definition) is 3. The number of aromatic amines is 1. The minimum Gasteiger partial charge on any atom is -0.490 e. The van der Waals surface area contributed by atoms with Gasteiger partial charge < -0.3 is 20.4 Å². The number of fused-ring (bicyclic) bond motifs is 1. The SMILES string of the molecule is CC1(C(=O)Nc2c[nH]c3ccc(OC4CC(c5ccc(C(F)(F)F)cc5)C4)cc23)CNC1. The molecule has 0 radical (unpaired) electrons. The smallest absolute Gasteiger partial charge is 0.416 e. The lowest BCUT2D eigenvalue weighted by molar-refractivity contribution is -0.137. The lowest BCUT2D eigenvalue weighted by Gasteiger charge is -2.37. The molecule has 0 bridgehead atoms. The minimum atomic E-state index is -4.31. The van der Waals surface area contributed by atoms with Gasteiger partial charge in [-0.2, -0.15) is 13.2 Å². The van der Waals surface area contributed by atoms with E-state index in [4.69, 9.17) is 4.74 Å². The number of rotatable bonds is 5. The molecule has 5 rings (SSSR count). The van der Waals surface area contributed by atoms with Crippen molar-refractivity contribution in [1.82, 2.24) is 10.3 Å². The van der Waals surface area contributed by atoms with Crippen LogP contribution in [0.5, 0.6) is 5.75 Å². The number of carbonyl (C=O) groups is 1. The number of benzene rings is 2. The van der Waals surface area contributed by atoms with Crippen LogP contribution in [0.1, 0.15) is 36.8 Å². The van der Waals surface area contributed by atoms with Crippen molar-refractivity contribution >= 4 is 22.5 Å². The van der Waals surface area contributed by atoms with E-state index in [9.17, 15) is 18.0 Å². The van der Waals surface area contributed by atoms with Crippen molar-refractivity contribution in [2.75, 3.05) is 18.4 Å². The molecular formula is C24H24F3N3O2. The summed E-state index contributed by atoms with van der Waals surface area (Å²) in [4.78, 5) is 15.7. The van der Waals surface area contributed by atoms with E-state index in [1.807, 2.05) is 25.1 Å². The quantitative estimate of drug-likeness (QED) is 0.517. The van der Waals surface area contributed by atoms with Crippen LogP contribution >= 0.6 is 0 Å². The molecule has 1 amide bonds. The Hall–Kier alpha value is -3.00.